The van der Waals surface area contributed by atoms with Crippen LogP contribution in [-0.4, -0.2) is 22.9 Å². The van der Waals surface area contributed by atoms with E-state index in [9.17, 15) is 5.11 Å². The molecule has 0 fully saturated rings. The summed E-state index contributed by atoms with van der Waals surface area (Å²) in [6.07, 6.45) is 12.6. The van der Waals surface area contributed by atoms with Gasteiger partial charge in [-0.05, 0) is 25.7 Å². The van der Waals surface area contributed by atoms with E-state index in [-0.39, 0.29) is 12.7 Å². The molecule has 16 heavy (non-hydrogen) atoms. The molecule has 1 unspecified atom stereocenters. The first-order valence-electron chi connectivity index (χ1n) is 7.10. The van der Waals surface area contributed by atoms with Gasteiger partial charge in [0.25, 0.3) is 0 Å². The molecular weight excluding hydrogens is 200 g/mol. The summed E-state index contributed by atoms with van der Waals surface area (Å²) in [5.41, 5.74) is 0. The number of unbranched alkanes of at least 4 members (excludes halogenated alkanes) is 7. The van der Waals surface area contributed by atoms with Crippen LogP contribution in [0.4, 0.5) is 0 Å². The summed E-state index contributed by atoms with van der Waals surface area (Å²) < 4.78 is 0. The maximum Gasteiger partial charge on any atom is 0.0540 e. The Kier molecular flexibility index (Phi) is 12.9. The molecule has 0 spiro atoms. The monoisotopic (exact) mass is 230 g/mol. The summed E-state index contributed by atoms with van der Waals surface area (Å²) in [7, 11) is 0. The molecule has 0 heterocycles. The van der Waals surface area contributed by atoms with Gasteiger partial charge in [0.15, 0.2) is 0 Å². The van der Waals surface area contributed by atoms with Crippen LogP contribution in [-0.2, 0) is 0 Å². The van der Waals surface area contributed by atoms with E-state index in [4.69, 9.17) is 5.11 Å². The van der Waals surface area contributed by atoms with Crippen molar-refractivity contribution >= 4 is 0 Å². The Hall–Kier alpha value is -0.0800. The first kappa shape index (κ1) is 15.9. The van der Waals surface area contributed by atoms with Gasteiger partial charge in [0.05, 0.1) is 6.10 Å². The predicted octanol–water partition coefficient (Wildman–Crippen LogP) is 3.65. The van der Waals surface area contributed by atoms with E-state index in [1.807, 2.05) is 0 Å². The maximum atomic E-state index is 9.63. The number of rotatable bonds is 12. The first-order chi connectivity index (χ1) is 7.81. The van der Waals surface area contributed by atoms with E-state index in [1.165, 1.54) is 38.5 Å². The summed E-state index contributed by atoms with van der Waals surface area (Å²) >= 11 is 0. The summed E-state index contributed by atoms with van der Waals surface area (Å²) in [6, 6.07) is 0. The fourth-order valence-electron chi connectivity index (χ4n) is 1.97. The van der Waals surface area contributed by atoms with Gasteiger partial charge in [0, 0.05) is 6.61 Å². The number of aliphatic hydroxyl groups is 2. The van der Waals surface area contributed by atoms with Gasteiger partial charge in [0.2, 0.25) is 0 Å². The van der Waals surface area contributed by atoms with Crippen LogP contribution < -0.4 is 0 Å². The minimum absolute atomic E-state index is 0.137. The van der Waals surface area contributed by atoms with Crippen molar-refractivity contribution in [2.75, 3.05) is 6.61 Å². The zero-order chi connectivity index (χ0) is 12.1. The predicted molar refractivity (Wildman–Crippen MR) is 69.6 cm³/mol. The Balaban J connectivity index is 3.06. The van der Waals surface area contributed by atoms with Gasteiger partial charge < -0.3 is 10.2 Å². The lowest BCUT2D eigenvalue weighted by Gasteiger charge is -2.09. The van der Waals surface area contributed by atoms with Crippen molar-refractivity contribution in [1.82, 2.24) is 0 Å². The third-order valence-electron chi connectivity index (χ3n) is 3.09. The van der Waals surface area contributed by atoms with Crippen LogP contribution in [0.5, 0.6) is 0 Å². The molecule has 98 valence electrons. The highest BCUT2D eigenvalue weighted by Gasteiger charge is 2.02. The third-order valence-corrected chi connectivity index (χ3v) is 3.09. The van der Waals surface area contributed by atoms with E-state index in [1.54, 1.807) is 0 Å². The fraction of sp³-hybridized carbons (Fsp3) is 1.00. The molecule has 0 aromatic carbocycles. The van der Waals surface area contributed by atoms with Gasteiger partial charge in [-0.25, -0.2) is 0 Å². The highest BCUT2D eigenvalue weighted by atomic mass is 16.3. The summed E-state index contributed by atoms with van der Waals surface area (Å²) in [6.45, 7) is 2.49. The van der Waals surface area contributed by atoms with Crippen molar-refractivity contribution in [3.8, 4) is 0 Å². The zero-order valence-electron chi connectivity index (χ0n) is 11.0. The van der Waals surface area contributed by atoms with Gasteiger partial charge in [-0.2, -0.15) is 0 Å². The van der Waals surface area contributed by atoms with Crippen molar-refractivity contribution < 1.29 is 10.2 Å². The van der Waals surface area contributed by atoms with Crippen LogP contribution in [0.3, 0.4) is 0 Å². The second-order valence-electron chi connectivity index (χ2n) is 4.78. The van der Waals surface area contributed by atoms with E-state index < -0.39 is 0 Å². The van der Waals surface area contributed by atoms with E-state index in [2.05, 4.69) is 6.92 Å². The molecule has 2 nitrogen and oxygen atoms in total. The second kappa shape index (κ2) is 13.0. The minimum atomic E-state index is -0.137. The zero-order valence-corrected chi connectivity index (χ0v) is 11.0. The molecule has 0 saturated heterocycles. The normalized spacial score (nSPS) is 12.9. The Morgan fingerprint density at radius 3 is 1.81 bits per heavy atom. The van der Waals surface area contributed by atoms with Gasteiger partial charge in [-0.3, -0.25) is 0 Å². The molecule has 0 saturated carbocycles. The average molecular weight is 230 g/mol. The average Bonchev–Trinajstić information content (AvgIpc) is 2.28. The van der Waals surface area contributed by atoms with Gasteiger partial charge >= 0.3 is 0 Å². The maximum absolute atomic E-state index is 9.63. The summed E-state index contributed by atoms with van der Waals surface area (Å²) in [4.78, 5) is 0. The minimum Gasteiger partial charge on any atom is -0.396 e. The van der Waals surface area contributed by atoms with Crippen LogP contribution >= 0.6 is 0 Å². The number of hydrogen-bond donors (Lipinski definition) is 2. The Labute approximate surface area is 101 Å². The van der Waals surface area contributed by atoms with Crippen LogP contribution in [0.25, 0.3) is 0 Å². The summed E-state index contributed by atoms with van der Waals surface area (Å²) in [5, 5.41) is 18.2. The smallest absolute Gasteiger partial charge is 0.0540 e. The summed E-state index contributed by atoms with van der Waals surface area (Å²) in [5.74, 6) is 0. The highest BCUT2D eigenvalue weighted by Crippen LogP contribution is 2.12. The van der Waals surface area contributed by atoms with Crippen LogP contribution in [0.2, 0.25) is 0 Å². The topological polar surface area (TPSA) is 40.5 Å². The van der Waals surface area contributed by atoms with Crippen LogP contribution in [0, 0.1) is 0 Å². The highest BCUT2D eigenvalue weighted by molar-refractivity contribution is 4.56. The lowest BCUT2D eigenvalue weighted by molar-refractivity contribution is 0.144. The van der Waals surface area contributed by atoms with E-state index >= 15 is 0 Å². The Morgan fingerprint density at radius 2 is 1.25 bits per heavy atom. The molecule has 0 aliphatic heterocycles. The molecule has 0 amide bonds. The van der Waals surface area contributed by atoms with E-state index in [0.717, 1.165) is 32.1 Å². The second-order valence-corrected chi connectivity index (χ2v) is 4.78. The fourth-order valence-corrected chi connectivity index (χ4v) is 1.97. The van der Waals surface area contributed by atoms with E-state index in [0.29, 0.717) is 0 Å². The molecule has 0 aromatic heterocycles. The molecule has 0 radical (unpaired) electrons. The standard InChI is InChI=1S/C14H30O2/c1-2-3-4-5-6-7-8-11-14(16)12-9-10-13-15/h14-16H,2-13H2,1H3. The van der Waals surface area contributed by atoms with Crippen molar-refractivity contribution in [2.45, 2.75) is 83.7 Å². The molecule has 0 aliphatic carbocycles. The molecule has 2 heteroatoms. The first-order valence-corrected chi connectivity index (χ1v) is 7.10. The SMILES string of the molecule is CCCCCCCCCC(O)CCCCO. The quantitative estimate of drug-likeness (QED) is 0.502. The van der Waals surface area contributed by atoms with Crippen molar-refractivity contribution in [1.29, 1.82) is 0 Å². The largest absolute Gasteiger partial charge is 0.396 e. The molecular formula is C14H30O2. The Bertz CT molecular complexity index is 126. The van der Waals surface area contributed by atoms with Crippen LogP contribution in [0.1, 0.15) is 77.6 Å². The lowest BCUT2D eigenvalue weighted by atomic mass is 10.0. The lowest BCUT2D eigenvalue weighted by Crippen LogP contribution is -2.06. The number of aliphatic hydroxyl groups excluding tert-OH is 2. The van der Waals surface area contributed by atoms with Crippen molar-refractivity contribution in [3.63, 3.8) is 0 Å². The van der Waals surface area contributed by atoms with Crippen LogP contribution in [0.15, 0.2) is 0 Å². The van der Waals surface area contributed by atoms with Gasteiger partial charge in [-0.1, -0.05) is 51.9 Å². The number of hydrogen-bond acceptors (Lipinski definition) is 2. The molecule has 0 rings (SSSR count). The molecule has 0 bridgehead atoms. The molecule has 0 aliphatic rings. The van der Waals surface area contributed by atoms with Crippen molar-refractivity contribution in [2.24, 2.45) is 0 Å². The molecule has 1 atom stereocenters. The van der Waals surface area contributed by atoms with Gasteiger partial charge in [-0.15, -0.1) is 0 Å². The molecule has 0 aromatic rings. The Morgan fingerprint density at radius 1 is 0.750 bits per heavy atom. The molecule has 2 N–H and O–H groups in total. The third kappa shape index (κ3) is 12.0. The van der Waals surface area contributed by atoms with Crippen molar-refractivity contribution in [3.05, 3.63) is 0 Å². The van der Waals surface area contributed by atoms with Gasteiger partial charge in [0.1, 0.15) is 0 Å².